The van der Waals surface area contributed by atoms with Crippen LogP contribution in [0.5, 0.6) is 0 Å². The fourth-order valence-electron chi connectivity index (χ4n) is 2.28. The Hall–Kier alpha value is -1.29. The largest absolute Gasteiger partial charge is 0.350 e. The number of rotatable bonds is 5. The first kappa shape index (κ1) is 11.8. The van der Waals surface area contributed by atoms with Crippen LogP contribution in [-0.4, -0.2) is 17.0 Å². The Morgan fingerprint density at radius 3 is 3.11 bits per heavy atom. The highest BCUT2D eigenvalue weighted by Crippen LogP contribution is 2.28. The highest BCUT2D eigenvalue weighted by molar-refractivity contribution is 7.17. The van der Waals surface area contributed by atoms with Crippen LogP contribution in [0, 0.1) is 5.92 Å². The second-order valence-electron chi connectivity index (χ2n) is 5.00. The Bertz CT molecular complexity index is 565. The van der Waals surface area contributed by atoms with Gasteiger partial charge < -0.3 is 9.88 Å². The van der Waals surface area contributed by atoms with Crippen LogP contribution < -0.4 is 5.32 Å². The number of hydrogen-bond donors (Lipinski definition) is 1. The summed E-state index contributed by atoms with van der Waals surface area (Å²) in [4.78, 5) is 12.2. The van der Waals surface area contributed by atoms with E-state index in [1.54, 1.807) is 11.3 Å². The van der Waals surface area contributed by atoms with E-state index in [1.807, 2.05) is 6.07 Å². The van der Waals surface area contributed by atoms with E-state index in [-0.39, 0.29) is 5.91 Å². The van der Waals surface area contributed by atoms with Crippen molar-refractivity contribution < 1.29 is 4.79 Å². The van der Waals surface area contributed by atoms with Crippen LogP contribution in [0.25, 0.3) is 10.2 Å². The van der Waals surface area contributed by atoms with Gasteiger partial charge in [0.15, 0.2) is 0 Å². The summed E-state index contributed by atoms with van der Waals surface area (Å²) in [7, 11) is 0. The predicted octanol–water partition coefficient (Wildman–Crippen LogP) is 3.25. The zero-order valence-electron chi connectivity index (χ0n) is 10.6. The zero-order valence-corrected chi connectivity index (χ0v) is 11.4. The Morgan fingerprint density at radius 1 is 1.56 bits per heavy atom. The minimum atomic E-state index is 0.0822. The number of aromatic nitrogens is 1. The molecule has 1 saturated carbocycles. The summed E-state index contributed by atoms with van der Waals surface area (Å²) in [5.41, 5.74) is 2.01. The van der Waals surface area contributed by atoms with Crippen molar-refractivity contribution in [2.75, 3.05) is 6.54 Å². The lowest BCUT2D eigenvalue weighted by Crippen LogP contribution is -2.27. The first-order valence-electron chi connectivity index (χ1n) is 6.64. The van der Waals surface area contributed by atoms with E-state index in [1.165, 1.54) is 23.1 Å². The maximum absolute atomic E-state index is 12.2. The molecule has 1 N–H and O–H groups in total. The number of aryl methyl sites for hydroxylation is 1. The van der Waals surface area contributed by atoms with Gasteiger partial charge in [0, 0.05) is 13.1 Å². The van der Waals surface area contributed by atoms with Gasteiger partial charge in [-0.15, -0.1) is 11.3 Å². The highest BCUT2D eigenvalue weighted by atomic mass is 32.1. The van der Waals surface area contributed by atoms with E-state index >= 15 is 0 Å². The second kappa shape index (κ2) is 4.76. The van der Waals surface area contributed by atoms with Gasteiger partial charge in [0.05, 0.1) is 10.2 Å². The topological polar surface area (TPSA) is 34.0 Å². The molecule has 1 aliphatic carbocycles. The van der Waals surface area contributed by atoms with Crippen LogP contribution in [-0.2, 0) is 6.54 Å². The first-order valence-corrected chi connectivity index (χ1v) is 7.52. The lowest BCUT2D eigenvalue weighted by molar-refractivity contribution is 0.0943. The van der Waals surface area contributed by atoms with Crippen molar-refractivity contribution in [3.05, 3.63) is 23.2 Å². The second-order valence-corrected chi connectivity index (χ2v) is 5.95. The SMILES string of the molecule is CCCn1c(C(=O)NCC2CC2)cc2sccc21. The number of amides is 1. The number of carbonyl (C=O) groups is 1. The van der Waals surface area contributed by atoms with Crippen molar-refractivity contribution in [1.29, 1.82) is 0 Å². The number of nitrogens with one attached hydrogen (secondary N) is 1. The molecule has 3 nitrogen and oxygen atoms in total. The molecule has 2 aromatic rings. The molecule has 4 heteroatoms. The molecule has 2 heterocycles. The minimum Gasteiger partial charge on any atom is -0.350 e. The molecule has 18 heavy (non-hydrogen) atoms. The molecule has 0 aliphatic heterocycles. The van der Waals surface area contributed by atoms with E-state index in [0.29, 0.717) is 0 Å². The van der Waals surface area contributed by atoms with E-state index < -0.39 is 0 Å². The summed E-state index contributed by atoms with van der Waals surface area (Å²) in [6, 6.07) is 4.13. The fourth-order valence-corrected chi connectivity index (χ4v) is 3.10. The normalized spacial score (nSPS) is 15.2. The fraction of sp³-hybridized carbons (Fsp3) is 0.500. The molecule has 0 aromatic carbocycles. The average molecular weight is 262 g/mol. The van der Waals surface area contributed by atoms with Crippen molar-refractivity contribution in [3.8, 4) is 0 Å². The van der Waals surface area contributed by atoms with Gasteiger partial charge in [0.2, 0.25) is 0 Å². The van der Waals surface area contributed by atoms with Gasteiger partial charge >= 0.3 is 0 Å². The zero-order chi connectivity index (χ0) is 12.5. The van der Waals surface area contributed by atoms with E-state index in [4.69, 9.17) is 0 Å². The van der Waals surface area contributed by atoms with Gasteiger partial charge in [-0.3, -0.25) is 4.79 Å². The molecule has 0 atom stereocenters. The number of thiophene rings is 1. The van der Waals surface area contributed by atoms with E-state index in [0.717, 1.165) is 31.1 Å². The molecule has 0 spiro atoms. The van der Waals surface area contributed by atoms with Gasteiger partial charge in [-0.1, -0.05) is 6.92 Å². The van der Waals surface area contributed by atoms with Gasteiger partial charge in [-0.2, -0.15) is 0 Å². The van der Waals surface area contributed by atoms with E-state index in [2.05, 4.69) is 28.3 Å². The Kier molecular flexibility index (Phi) is 3.12. The summed E-state index contributed by atoms with van der Waals surface area (Å²) in [6.07, 6.45) is 3.58. The van der Waals surface area contributed by atoms with Crippen LogP contribution in [0.15, 0.2) is 17.5 Å². The minimum absolute atomic E-state index is 0.0822. The van der Waals surface area contributed by atoms with Crippen molar-refractivity contribution in [2.24, 2.45) is 5.92 Å². The van der Waals surface area contributed by atoms with Crippen LogP contribution >= 0.6 is 11.3 Å². The quantitative estimate of drug-likeness (QED) is 0.881. The summed E-state index contributed by atoms with van der Waals surface area (Å²) in [5.74, 6) is 0.809. The van der Waals surface area contributed by atoms with Crippen molar-refractivity contribution in [3.63, 3.8) is 0 Å². The molecule has 2 aromatic heterocycles. The molecule has 0 unspecified atom stereocenters. The predicted molar refractivity (Wildman–Crippen MR) is 75.2 cm³/mol. The maximum Gasteiger partial charge on any atom is 0.267 e. The van der Waals surface area contributed by atoms with E-state index in [9.17, 15) is 4.79 Å². The van der Waals surface area contributed by atoms with Crippen LogP contribution in [0.3, 0.4) is 0 Å². The van der Waals surface area contributed by atoms with Gasteiger partial charge in [0.25, 0.3) is 5.91 Å². The third-order valence-corrected chi connectivity index (χ3v) is 4.30. The maximum atomic E-state index is 12.2. The number of carbonyl (C=O) groups excluding carboxylic acids is 1. The van der Waals surface area contributed by atoms with Crippen LogP contribution in [0.2, 0.25) is 0 Å². The molecule has 1 fully saturated rings. The van der Waals surface area contributed by atoms with Crippen molar-refractivity contribution in [1.82, 2.24) is 9.88 Å². The van der Waals surface area contributed by atoms with Crippen LogP contribution in [0.1, 0.15) is 36.7 Å². The highest BCUT2D eigenvalue weighted by Gasteiger charge is 2.23. The smallest absolute Gasteiger partial charge is 0.267 e. The molecule has 96 valence electrons. The van der Waals surface area contributed by atoms with Gasteiger partial charge in [-0.05, 0) is 42.7 Å². The Balaban J connectivity index is 1.85. The molecule has 0 radical (unpaired) electrons. The van der Waals surface area contributed by atoms with Gasteiger partial charge in [-0.25, -0.2) is 0 Å². The molecule has 1 aliphatic rings. The summed E-state index contributed by atoms with van der Waals surface area (Å²) >= 11 is 1.70. The molecular formula is C14H18N2OS. The molecule has 0 saturated heterocycles. The van der Waals surface area contributed by atoms with Crippen LogP contribution in [0.4, 0.5) is 0 Å². The molecular weight excluding hydrogens is 244 g/mol. The molecule has 0 bridgehead atoms. The third kappa shape index (κ3) is 2.17. The summed E-state index contributed by atoms with van der Waals surface area (Å²) in [6.45, 7) is 3.89. The van der Waals surface area contributed by atoms with Gasteiger partial charge in [0.1, 0.15) is 5.69 Å². The number of hydrogen-bond acceptors (Lipinski definition) is 2. The molecule has 1 amide bonds. The average Bonchev–Trinajstić information content (AvgIpc) is 2.97. The summed E-state index contributed by atoms with van der Waals surface area (Å²) < 4.78 is 3.36. The monoisotopic (exact) mass is 262 g/mol. The van der Waals surface area contributed by atoms with Crippen molar-refractivity contribution >= 4 is 27.5 Å². The summed E-state index contributed by atoms with van der Waals surface area (Å²) in [5, 5.41) is 5.14. The Labute approximate surface area is 111 Å². The lowest BCUT2D eigenvalue weighted by atomic mass is 10.3. The Morgan fingerprint density at radius 2 is 2.39 bits per heavy atom. The molecule has 3 rings (SSSR count). The third-order valence-electron chi connectivity index (χ3n) is 3.45. The lowest BCUT2D eigenvalue weighted by Gasteiger charge is -2.09. The first-order chi connectivity index (χ1) is 8.79. The number of fused-ring (bicyclic) bond motifs is 1. The number of nitrogens with zero attached hydrogens (tertiary/aromatic N) is 1. The standard InChI is InChI=1S/C14H18N2OS/c1-2-6-16-11-5-7-18-13(11)8-12(16)14(17)15-9-10-3-4-10/h5,7-8,10H,2-4,6,9H2,1H3,(H,15,17). The van der Waals surface area contributed by atoms with Crippen molar-refractivity contribution in [2.45, 2.75) is 32.7 Å².